The van der Waals surface area contributed by atoms with Crippen LogP contribution in [-0.4, -0.2) is 17.5 Å². The van der Waals surface area contributed by atoms with Gasteiger partial charge in [0.05, 0.1) is 0 Å². The molecule has 0 aromatic carbocycles. The lowest BCUT2D eigenvalue weighted by atomic mass is 10.4. The Balaban J connectivity index is 2.44. The third kappa shape index (κ3) is 3.27. The highest BCUT2D eigenvalue weighted by Gasteiger charge is 2.21. The molecule has 1 heterocycles. The van der Waals surface area contributed by atoms with Crippen LogP contribution in [0.15, 0.2) is 24.5 Å². The van der Waals surface area contributed by atoms with Gasteiger partial charge in [-0.2, -0.15) is 0 Å². The van der Waals surface area contributed by atoms with E-state index < -0.39 is 12.5 Å². The van der Waals surface area contributed by atoms with Crippen molar-refractivity contribution in [2.24, 2.45) is 0 Å². The molecule has 4 heteroatoms. The second-order valence-electron chi connectivity index (χ2n) is 2.54. The summed E-state index contributed by atoms with van der Waals surface area (Å²) in [7, 11) is 0. The first-order valence-corrected chi connectivity index (χ1v) is 3.48. The summed E-state index contributed by atoms with van der Waals surface area (Å²) in [6.07, 6.45) is 2.98. The molecule has 0 aliphatic heterocycles. The fourth-order valence-corrected chi connectivity index (χ4v) is 0.645. The van der Waals surface area contributed by atoms with Crippen LogP contribution in [-0.2, 0) is 0 Å². The molecule has 12 heavy (non-hydrogen) atoms. The van der Waals surface area contributed by atoms with Crippen LogP contribution >= 0.6 is 0 Å². The number of halogens is 2. The summed E-state index contributed by atoms with van der Waals surface area (Å²) in [6, 6.07) is 3.07. The molecule has 0 amide bonds. The third-order valence-corrected chi connectivity index (χ3v) is 1.14. The highest BCUT2D eigenvalue weighted by Crippen LogP contribution is 2.14. The fourth-order valence-electron chi connectivity index (χ4n) is 0.645. The molecule has 0 aliphatic rings. The first-order chi connectivity index (χ1) is 5.58. The molecular weight excluding hydrogens is 164 g/mol. The fraction of sp³-hybridized carbons (Fsp3) is 0.375. The maximum absolute atomic E-state index is 12.3. The predicted molar refractivity (Wildman–Crippen MR) is 40.4 cm³/mol. The van der Waals surface area contributed by atoms with Crippen molar-refractivity contribution in [1.82, 2.24) is 4.98 Å². The van der Waals surface area contributed by atoms with E-state index in [2.05, 4.69) is 4.98 Å². The third-order valence-electron chi connectivity index (χ3n) is 1.14. The number of ether oxygens (including phenoxy) is 1. The van der Waals surface area contributed by atoms with Gasteiger partial charge in [0, 0.05) is 19.3 Å². The first-order valence-electron chi connectivity index (χ1n) is 3.48. The van der Waals surface area contributed by atoms with E-state index >= 15 is 0 Å². The van der Waals surface area contributed by atoms with Crippen LogP contribution in [0.1, 0.15) is 6.92 Å². The first kappa shape index (κ1) is 8.90. The number of rotatable bonds is 3. The molecule has 0 N–H and O–H groups in total. The molecule has 0 spiro atoms. The van der Waals surface area contributed by atoms with Crippen molar-refractivity contribution in [2.45, 2.75) is 12.8 Å². The van der Waals surface area contributed by atoms with Crippen molar-refractivity contribution in [1.29, 1.82) is 0 Å². The minimum atomic E-state index is -2.79. The second-order valence-corrected chi connectivity index (χ2v) is 2.54. The van der Waals surface area contributed by atoms with Crippen LogP contribution in [0, 0.1) is 0 Å². The molecule has 0 atom stereocenters. The molecule has 0 saturated heterocycles. The van der Waals surface area contributed by atoms with Crippen molar-refractivity contribution in [3.05, 3.63) is 24.5 Å². The number of aromatic nitrogens is 1. The Labute approximate surface area is 69.2 Å². The summed E-state index contributed by atoms with van der Waals surface area (Å²) in [5.41, 5.74) is 0. The number of pyridine rings is 1. The van der Waals surface area contributed by atoms with E-state index in [9.17, 15) is 8.78 Å². The van der Waals surface area contributed by atoms with Gasteiger partial charge in [-0.3, -0.25) is 4.98 Å². The van der Waals surface area contributed by atoms with Gasteiger partial charge in [0.1, 0.15) is 5.75 Å². The van der Waals surface area contributed by atoms with E-state index in [1.54, 1.807) is 0 Å². The van der Waals surface area contributed by atoms with Crippen molar-refractivity contribution in [2.75, 3.05) is 6.61 Å². The lowest BCUT2D eigenvalue weighted by molar-refractivity contribution is -0.0229. The van der Waals surface area contributed by atoms with Crippen LogP contribution < -0.4 is 4.74 Å². The minimum Gasteiger partial charge on any atom is -0.487 e. The Hall–Kier alpha value is -1.19. The van der Waals surface area contributed by atoms with Gasteiger partial charge < -0.3 is 4.74 Å². The molecule has 66 valence electrons. The number of hydrogen-bond acceptors (Lipinski definition) is 2. The molecule has 2 nitrogen and oxygen atoms in total. The van der Waals surface area contributed by atoms with Gasteiger partial charge >= 0.3 is 0 Å². The zero-order chi connectivity index (χ0) is 9.03. The van der Waals surface area contributed by atoms with Gasteiger partial charge in [0.15, 0.2) is 6.61 Å². The maximum Gasteiger partial charge on any atom is 0.278 e. The molecule has 0 saturated carbocycles. The molecule has 1 aromatic rings. The van der Waals surface area contributed by atoms with Gasteiger partial charge in [0.2, 0.25) is 0 Å². The molecule has 0 fully saturated rings. The van der Waals surface area contributed by atoms with E-state index in [-0.39, 0.29) is 0 Å². The molecular formula is C8H9F2NO. The summed E-state index contributed by atoms with van der Waals surface area (Å²) >= 11 is 0. The molecule has 0 bridgehead atoms. The van der Waals surface area contributed by atoms with Crippen molar-refractivity contribution < 1.29 is 13.5 Å². The Morgan fingerprint density at radius 3 is 2.50 bits per heavy atom. The summed E-state index contributed by atoms with van der Waals surface area (Å²) in [4.78, 5) is 3.72. The van der Waals surface area contributed by atoms with Crippen LogP contribution in [0.2, 0.25) is 0 Å². The van der Waals surface area contributed by atoms with Crippen molar-refractivity contribution in [3.63, 3.8) is 0 Å². The molecule has 1 aromatic heterocycles. The Morgan fingerprint density at radius 2 is 2.00 bits per heavy atom. The average molecular weight is 173 g/mol. The van der Waals surface area contributed by atoms with Crippen molar-refractivity contribution >= 4 is 0 Å². The van der Waals surface area contributed by atoms with Gasteiger partial charge in [-0.15, -0.1) is 0 Å². The zero-order valence-electron chi connectivity index (χ0n) is 6.63. The normalized spacial score (nSPS) is 11.2. The van der Waals surface area contributed by atoms with Crippen LogP contribution in [0.4, 0.5) is 8.78 Å². The zero-order valence-corrected chi connectivity index (χ0v) is 6.63. The monoisotopic (exact) mass is 173 g/mol. The lowest BCUT2D eigenvalue weighted by Crippen LogP contribution is -2.20. The Bertz CT molecular complexity index is 233. The maximum atomic E-state index is 12.3. The van der Waals surface area contributed by atoms with Gasteiger partial charge in [-0.05, 0) is 12.1 Å². The lowest BCUT2D eigenvalue weighted by Gasteiger charge is -2.11. The molecule has 0 aliphatic carbocycles. The van der Waals surface area contributed by atoms with E-state index in [4.69, 9.17) is 4.74 Å². The molecule has 0 radical (unpaired) electrons. The highest BCUT2D eigenvalue weighted by atomic mass is 19.3. The SMILES string of the molecule is CC(F)(F)COc1ccncc1. The van der Waals surface area contributed by atoms with E-state index in [0.29, 0.717) is 5.75 Å². The van der Waals surface area contributed by atoms with Gasteiger partial charge in [0.25, 0.3) is 5.92 Å². The molecule has 0 unspecified atom stereocenters. The number of nitrogens with zero attached hydrogens (tertiary/aromatic N) is 1. The highest BCUT2D eigenvalue weighted by molar-refractivity contribution is 5.16. The number of hydrogen-bond donors (Lipinski definition) is 0. The van der Waals surface area contributed by atoms with Crippen LogP contribution in [0.25, 0.3) is 0 Å². The predicted octanol–water partition coefficient (Wildman–Crippen LogP) is 2.12. The Morgan fingerprint density at radius 1 is 1.42 bits per heavy atom. The van der Waals surface area contributed by atoms with Crippen LogP contribution in [0.3, 0.4) is 0 Å². The van der Waals surface area contributed by atoms with E-state index in [1.807, 2.05) is 0 Å². The van der Waals surface area contributed by atoms with Crippen molar-refractivity contribution in [3.8, 4) is 5.75 Å². The Kier molecular flexibility index (Phi) is 2.58. The van der Waals surface area contributed by atoms with Gasteiger partial charge in [-0.1, -0.05) is 0 Å². The van der Waals surface area contributed by atoms with Crippen LogP contribution in [0.5, 0.6) is 5.75 Å². The largest absolute Gasteiger partial charge is 0.487 e. The quantitative estimate of drug-likeness (QED) is 0.698. The summed E-state index contributed by atoms with van der Waals surface area (Å²) < 4.78 is 29.3. The summed E-state index contributed by atoms with van der Waals surface area (Å²) in [5, 5.41) is 0. The topological polar surface area (TPSA) is 22.1 Å². The van der Waals surface area contributed by atoms with E-state index in [1.165, 1.54) is 24.5 Å². The average Bonchev–Trinajstić information content (AvgIpc) is 2.02. The smallest absolute Gasteiger partial charge is 0.278 e. The summed E-state index contributed by atoms with van der Waals surface area (Å²) in [6.45, 7) is 0.213. The standard InChI is InChI=1S/C8H9F2NO/c1-8(9,10)6-12-7-2-4-11-5-3-7/h2-5H,6H2,1H3. The molecule has 1 rings (SSSR count). The summed E-state index contributed by atoms with van der Waals surface area (Å²) in [5.74, 6) is -2.38. The second kappa shape index (κ2) is 3.47. The minimum absolute atomic E-state index is 0.409. The number of alkyl halides is 2. The van der Waals surface area contributed by atoms with E-state index in [0.717, 1.165) is 6.92 Å². The van der Waals surface area contributed by atoms with Gasteiger partial charge in [-0.25, -0.2) is 8.78 Å².